The molecule has 0 bridgehead atoms. The molecule has 0 unspecified atom stereocenters. The molecular weight excluding hydrogens is 254 g/mol. The number of carboxylic acid groups (broad SMARTS) is 1. The van der Waals surface area contributed by atoms with Gasteiger partial charge in [-0.1, -0.05) is 6.07 Å². The van der Waals surface area contributed by atoms with Gasteiger partial charge in [-0.15, -0.1) is 0 Å². The first kappa shape index (κ1) is 14.5. The Morgan fingerprint density at radius 1 is 1.40 bits per heavy atom. The Morgan fingerprint density at radius 3 is 2.60 bits per heavy atom. The van der Waals surface area contributed by atoms with Crippen LogP contribution in [0.15, 0.2) is 18.2 Å². The molecule has 2 aromatic rings. The highest BCUT2D eigenvalue weighted by Gasteiger charge is 2.24. The van der Waals surface area contributed by atoms with Crippen molar-refractivity contribution in [3.63, 3.8) is 0 Å². The highest BCUT2D eigenvalue weighted by Crippen LogP contribution is 2.24. The quantitative estimate of drug-likeness (QED) is 0.930. The maximum absolute atomic E-state index is 11.4. The highest BCUT2D eigenvalue weighted by molar-refractivity contribution is 6.01. The molecule has 0 spiro atoms. The van der Waals surface area contributed by atoms with Gasteiger partial charge < -0.3 is 14.6 Å². The number of imidazole rings is 1. The number of likely N-dealkylation sites (N-methyl/N-ethyl adjacent to an activating group) is 1. The van der Waals surface area contributed by atoms with Gasteiger partial charge in [-0.2, -0.15) is 0 Å². The molecule has 0 saturated heterocycles. The van der Waals surface area contributed by atoms with Crippen molar-refractivity contribution in [2.24, 2.45) is 0 Å². The molecule has 1 heterocycles. The maximum Gasteiger partial charge on any atom is 0.337 e. The second-order valence-electron chi connectivity index (χ2n) is 5.93. The van der Waals surface area contributed by atoms with Crippen molar-refractivity contribution < 1.29 is 9.90 Å². The first-order chi connectivity index (χ1) is 9.24. The van der Waals surface area contributed by atoms with E-state index in [1.165, 1.54) is 0 Å². The van der Waals surface area contributed by atoms with Gasteiger partial charge >= 0.3 is 5.97 Å². The fraction of sp³-hybridized carbons (Fsp3) is 0.467. The number of benzene rings is 1. The minimum atomic E-state index is -0.917. The van der Waals surface area contributed by atoms with Crippen LogP contribution >= 0.6 is 0 Å². The lowest BCUT2D eigenvalue weighted by Crippen LogP contribution is -2.42. The lowest BCUT2D eigenvalue weighted by atomic mass is 10.0. The molecule has 0 saturated carbocycles. The first-order valence-electron chi connectivity index (χ1n) is 6.60. The summed E-state index contributed by atoms with van der Waals surface area (Å²) in [7, 11) is 4.04. The molecule has 1 N–H and O–H groups in total. The average Bonchev–Trinajstić information content (AvgIpc) is 2.65. The number of carbonyl (C=O) groups is 1. The summed E-state index contributed by atoms with van der Waals surface area (Å²) in [5.74, 6) is -0.0805. The molecule has 5 nitrogen and oxygen atoms in total. The van der Waals surface area contributed by atoms with Gasteiger partial charge in [-0.25, -0.2) is 9.78 Å². The zero-order valence-electron chi connectivity index (χ0n) is 12.6. The minimum Gasteiger partial charge on any atom is -0.478 e. The summed E-state index contributed by atoms with van der Waals surface area (Å²) in [5, 5.41) is 9.37. The Morgan fingerprint density at radius 2 is 2.05 bits per heavy atom. The van der Waals surface area contributed by atoms with Crippen molar-refractivity contribution in [1.82, 2.24) is 14.5 Å². The minimum absolute atomic E-state index is 0.0932. The zero-order chi connectivity index (χ0) is 15.1. The summed E-state index contributed by atoms with van der Waals surface area (Å²) in [6, 6.07) is 5.22. The van der Waals surface area contributed by atoms with Crippen LogP contribution in [0.25, 0.3) is 11.0 Å². The summed E-state index contributed by atoms with van der Waals surface area (Å²) < 4.78 is 2.00. The number of para-hydroxylation sites is 1. The van der Waals surface area contributed by atoms with Crippen LogP contribution in [-0.4, -0.2) is 45.2 Å². The van der Waals surface area contributed by atoms with Crippen LogP contribution in [-0.2, 0) is 6.54 Å². The van der Waals surface area contributed by atoms with Crippen molar-refractivity contribution in [3.05, 3.63) is 29.6 Å². The Bertz CT molecular complexity index is 656. The van der Waals surface area contributed by atoms with Crippen LogP contribution in [0.1, 0.15) is 30.0 Å². The van der Waals surface area contributed by atoms with E-state index < -0.39 is 5.97 Å². The van der Waals surface area contributed by atoms with Gasteiger partial charge in [-0.3, -0.25) is 0 Å². The predicted octanol–water partition coefficient (Wildman–Crippen LogP) is 2.38. The number of carboxylic acids is 1. The topological polar surface area (TPSA) is 58.4 Å². The van der Waals surface area contributed by atoms with Gasteiger partial charge in [0.1, 0.15) is 5.82 Å². The largest absolute Gasteiger partial charge is 0.478 e. The summed E-state index contributed by atoms with van der Waals surface area (Å²) in [5.41, 5.74) is 1.64. The molecule has 5 heteroatoms. The van der Waals surface area contributed by atoms with Gasteiger partial charge in [-0.05, 0) is 47.0 Å². The van der Waals surface area contributed by atoms with E-state index in [0.29, 0.717) is 17.6 Å². The van der Waals surface area contributed by atoms with E-state index in [-0.39, 0.29) is 5.54 Å². The number of fused-ring (bicyclic) bond motifs is 1. The molecule has 2 rings (SSSR count). The fourth-order valence-electron chi connectivity index (χ4n) is 2.20. The van der Waals surface area contributed by atoms with Crippen LogP contribution in [0.4, 0.5) is 0 Å². The normalized spacial score (nSPS) is 12.3. The van der Waals surface area contributed by atoms with E-state index in [1.54, 1.807) is 12.1 Å². The number of rotatable bonds is 4. The maximum atomic E-state index is 11.4. The number of hydrogen-bond acceptors (Lipinski definition) is 3. The van der Waals surface area contributed by atoms with Crippen LogP contribution in [0.3, 0.4) is 0 Å². The molecule has 108 valence electrons. The number of hydrogen-bond donors (Lipinski definition) is 1. The van der Waals surface area contributed by atoms with Gasteiger partial charge in [0.15, 0.2) is 0 Å². The van der Waals surface area contributed by atoms with Crippen LogP contribution in [0, 0.1) is 6.92 Å². The molecule has 0 atom stereocenters. The van der Waals surface area contributed by atoms with Crippen molar-refractivity contribution in [1.29, 1.82) is 0 Å². The SMILES string of the molecule is Cc1nc2cccc(C(=O)O)c2n1CC(C)(C)N(C)C. The fourth-order valence-corrected chi connectivity index (χ4v) is 2.20. The average molecular weight is 275 g/mol. The molecule has 0 radical (unpaired) electrons. The third-order valence-electron chi connectivity index (χ3n) is 3.94. The van der Waals surface area contributed by atoms with Crippen molar-refractivity contribution in [3.8, 4) is 0 Å². The lowest BCUT2D eigenvalue weighted by molar-refractivity contribution is 0.0698. The number of nitrogens with zero attached hydrogens (tertiary/aromatic N) is 3. The standard InChI is InChI=1S/C15H21N3O2/c1-10-16-12-8-6-7-11(14(19)20)13(12)18(10)9-15(2,3)17(4)5/h6-8H,9H2,1-5H3,(H,19,20). The second kappa shape index (κ2) is 4.90. The summed E-state index contributed by atoms with van der Waals surface area (Å²) >= 11 is 0. The van der Waals surface area contributed by atoms with Crippen LogP contribution < -0.4 is 0 Å². The van der Waals surface area contributed by atoms with Gasteiger partial charge in [0, 0.05) is 12.1 Å². The number of aromatic carboxylic acids is 1. The monoisotopic (exact) mass is 275 g/mol. The molecule has 0 aliphatic rings. The number of aryl methyl sites for hydroxylation is 1. The van der Waals surface area contributed by atoms with Crippen molar-refractivity contribution in [2.45, 2.75) is 32.9 Å². The molecule has 1 aromatic heterocycles. The molecule has 1 aromatic carbocycles. The molecule has 20 heavy (non-hydrogen) atoms. The van der Waals surface area contributed by atoms with Gasteiger partial charge in [0.05, 0.1) is 16.6 Å². The van der Waals surface area contributed by atoms with E-state index >= 15 is 0 Å². The lowest BCUT2D eigenvalue weighted by Gasteiger charge is -2.33. The first-order valence-corrected chi connectivity index (χ1v) is 6.60. The Balaban J connectivity index is 2.64. The summed E-state index contributed by atoms with van der Waals surface area (Å²) in [6.07, 6.45) is 0. The zero-order valence-corrected chi connectivity index (χ0v) is 12.6. The molecule has 0 aliphatic heterocycles. The van der Waals surface area contributed by atoms with Crippen LogP contribution in [0.2, 0.25) is 0 Å². The smallest absolute Gasteiger partial charge is 0.337 e. The molecular formula is C15H21N3O2. The Kier molecular flexibility index (Phi) is 3.56. The van der Waals surface area contributed by atoms with Gasteiger partial charge in [0.2, 0.25) is 0 Å². The summed E-state index contributed by atoms with van der Waals surface area (Å²) in [4.78, 5) is 18.0. The van der Waals surface area contributed by atoms with E-state index in [2.05, 4.69) is 23.7 Å². The summed E-state index contributed by atoms with van der Waals surface area (Å²) in [6.45, 7) is 6.85. The third-order valence-corrected chi connectivity index (χ3v) is 3.94. The van der Waals surface area contributed by atoms with Gasteiger partial charge in [0.25, 0.3) is 0 Å². The third kappa shape index (κ3) is 2.41. The van der Waals surface area contributed by atoms with E-state index in [1.807, 2.05) is 31.7 Å². The second-order valence-corrected chi connectivity index (χ2v) is 5.93. The Labute approximate surface area is 118 Å². The number of aromatic nitrogens is 2. The Hall–Kier alpha value is -1.88. The van der Waals surface area contributed by atoms with Crippen molar-refractivity contribution in [2.75, 3.05) is 14.1 Å². The van der Waals surface area contributed by atoms with E-state index in [9.17, 15) is 9.90 Å². The molecule has 0 amide bonds. The molecule has 0 fully saturated rings. The van der Waals surface area contributed by atoms with E-state index in [0.717, 1.165) is 11.3 Å². The van der Waals surface area contributed by atoms with E-state index in [4.69, 9.17) is 0 Å². The predicted molar refractivity (Wildman–Crippen MR) is 79.2 cm³/mol. The van der Waals surface area contributed by atoms with Crippen molar-refractivity contribution >= 4 is 17.0 Å². The molecule has 0 aliphatic carbocycles. The highest BCUT2D eigenvalue weighted by atomic mass is 16.4. The van der Waals surface area contributed by atoms with Crippen LogP contribution in [0.5, 0.6) is 0 Å².